The maximum Gasteiger partial charge on any atom is 0.325 e. The molecule has 1 amide bonds. The SMILES string of the molecule is CN(C)C(=O)CN(CC(=O)OCc1ccccc1)c1cccc(COc2ccc(-c3cc(F)c(F)c4ccoc34)cc2)c1. The predicted molar refractivity (Wildman–Crippen MR) is 159 cm³/mol. The van der Waals surface area contributed by atoms with Crippen molar-refractivity contribution in [2.45, 2.75) is 13.2 Å². The summed E-state index contributed by atoms with van der Waals surface area (Å²) in [7, 11) is 3.32. The summed E-state index contributed by atoms with van der Waals surface area (Å²) >= 11 is 0. The third-order valence-electron chi connectivity index (χ3n) is 6.86. The lowest BCUT2D eigenvalue weighted by Gasteiger charge is -2.25. The fraction of sp³-hybridized carbons (Fsp3) is 0.176. The molecule has 0 bridgehead atoms. The standard InChI is InChI=1S/C34H30F2N2O5/c1-37(2)31(39)19-38(20-32(40)43-21-23-7-4-3-5-8-23)26-10-6-9-24(17-26)22-42-27-13-11-25(12-14-27)29-18-30(35)33(36)28-15-16-41-34(28)29/h3-18H,19-22H2,1-2H3. The molecule has 0 aliphatic heterocycles. The van der Waals surface area contributed by atoms with Crippen molar-refractivity contribution in [1.29, 1.82) is 0 Å². The first-order valence-electron chi connectivity index (χ1n) is 13.6. The van der Waals surface area contributed by atoms with Crippen LogP contribution in [0.25, 0.3) is 22.1 Å². The Bertz CT molecular complexity index is 1720. The molecule has 0 fully saturated rings. The third-order valence-corrected chi connectivity index (χ3v) is 6.86. The molecule has 0 unspecified atom stereocenters. The van der Waals surface area contributed by atoms with Gasteiger partial charge >= 0.3 is 5.97 Å². The van der Waals surface area contributed by atoms with Crippen LogP contribution in [0.5, 0.6) is 5.75 Å². The number of carbonyl (C=O) groups excluding carboxylic acids is 2. The summed E-state index contributed by atoms with van der Waals surface area (Å²) in [4.78, 5) is 28.4. The van der Waals surface area contributed by atoms with Gasteiger partial charge in [-0.25, -0.2) is 8.78 Å². The molecule has 5 aromatic rings. The number of benzene rings is 4. The number of furan rings is 1. The van der Waals surface area contributed by atoms with Crippen molar-refractivity contribution >= 4 is 28.5 Å². The maximum atomic E-state index is 14.1. The van der Waals surface area contributed by atoms with Gasteiger partial charge in [0.15, 0.2) is 11.6 Å². The zero-order valence-corrected chi connectivity index (χ0v) is 23.8. The number of rotatable bonds is 11. The van der Waals surface area contributed by atoms with Gasteiger partial charge in [-0.2, -0.15) is 0 Å². The summed E-state index contributed by atoms with van der Waals surface area (Å²) in [5.74, 6) is -1.94. The molecule has 0 atom stereocenters. The van der Waals surface area contributed by atoms with Crippen molar-refractivity contribution in [2.75, 3.05) is 32.1 Å². The summed E-state index contributed by atoms with van der Waals surface area (Å²) in [6.45, 7) is 0.246. The fourth-order valence-corrected chi connectivity index (χ4v) is 4.51. The highest BCUT2D eigenvalue weighted by atomic mass is 19.2. The number of anilines is 1. The highest BCUT2D eigenvalue weighted by molar-refractivity contribution is 5.93. The van der Waals surface area contributed by atoms with Gasteiger partial charge in [0.25, 0.3) is 0 Å². The minimum Gasteiger partial charge on any atom is -0.489 e. The van der Waals surface area contributed by atoms with Gasteiger partial charge in [0.05, 0.1) is 18.2 Å². The lowest BCUT2D eigenvalue weighted by Crippen LogP contribution is -2.40. The smallest absolute Gasteiger partial charge is 0.325 e. The van der Waals surface area contributed by atoms with Crippen molar-refractivity contribution < 1.29 is 32.3 Å². The van der Waals surface area contributed by atoms with Crippen LogP contribution in [0, 0.1) is 11.6 Å². The molecular formula is C34H30F2N2O5. The normalized spacial score (nSPS) is 10.9. The van der Waals surface area contributed by atoms with Crippen LogP contribution in [-0.4, -0.2) is 44.0 Å². The van der Waals surface area contributed by atoms with Gasteiger partial charge in [-0.05, 0) is 53.1 Å². The molecule has 0 saturated carbocycles. The summed E-state index contributed by atoms with van der Waals surface area (Å²) in [6, 6.07) is 26.3. The molecule has 220 valence electrons. The first-order valence-corrected chi connectivity index (χ1v) is 13.6. The fourth-order valence-electron chi connectivity index (χ4n) is 4.51. The largest absolute Gasteiger partial charge is 0.489 e. The quantitative estimate of drug-likeness (QED) is 0.163. The Hall–Kier alpha value is -5.18. The van der Waals surface area contributed by atoms with Crippen LogP contribution in [0.4, 0.5) is 14.5 Å². The van der Waals surface area contributed by atoms with Crippen LogP contribution in [-0.2, 0) is 27.5 Å². The van der Waals surface area contributed by atoms with Crippen molar-refractivity contribution in [3.05, 3.63) is 120 Å². The van der Waals surface area contributed by atoms with Crippen molar-refractivity contribution in [2.24, 2.45) is 0 Å². The van der Waals surface area contributed by atoms with E-state index in [1.54, 1.807) is 43.3 Å². The molecule has 0 radical (unpaired) electrons. The second-order valence-corrected chi connectivity index (χ2v) is 10.2. The molecule has 1 aromatic heterocycles. The first kappa shape index (κ1) is 29.3. The average molecular weight is 585 g/mol. The summed E-state index contributed by atoms with van der Waals surface area (Å²) in [5, 5.41) is 0.0843. The summed E-state index contributed by atoms with van der Waals surface area (Å²) < 4.78 is 45.1. The average Bonchev–Trinajstić information content (AvgIpc) is 3.52. The zero-order chi connectivity index (χ0) is 30.3. The van der Waals surface area contributed by atoms with Crippen LogP contribution in [0.15, 0.2) is 102 Å². The van der Waals surface area contributed by atoms with Gasteiger partial charge < -0.3 is 23.7 Å². The Morgan fingerprint density at radius 3 is 2.30 bits per heavy atom. The number of hydrogen-bond acceptors (Lipinski definition) is 6. The lowest BCUT2D eigenvalue weighted by molar-refractivity contribution is -0.143. The van der Waals surface area contributed by atoms with Crippen LogP contribution in [0.3, 0.4) is 0 Å². The Labute approximate surface area is 247 Å². The van der Waals surface area contributed by atoms with E-state index in [4.69, 9.17) is 13.9 Å². The number of ether oxygens (including phenoxy) is 2. The van der Waals surface area contributed by atoms with Gasteiger partial charge in [0.2, 0.25) is 5.91 Å². The number of likely N-dealkylation sites (N-methyl/N-ethyl adjacent to an activating group) is 1. The Morgan fingerprint density at radius 2 is 1.56 bits per heavy atom. The van der Waals surface area contributed by atoms with E-state index in [0.717, 1.165) is 17.2 Å². The minimum atomic E-state index is -0.949. The number of esters is 1. The van der Waals surface area contributed by atoms with Gasteiger partial charge in [-0.15, -0.1) is 0 Å². The number of nitrogens with zero attached hydrogens (tertiary/aromatic N) is 2. The predicted octanol–water partition coefficient (Wildman–Crippen LogP) is 6.60. The van der Waals surface area contributed by atoms with E-state index >= 15 is 0 Å². The van der Waals surface area contributed by atoms with E-state index in [9.17, 15) is 18.4 Å². The number of hydrogen-bond donors (Lipinski definition) is 0. The molecule has 7 nitrogen and oxygen atoms in total. The summed E-state index contributed by atoms with van der Waals surface area (Å²) in [5.41, 5.74) is 3.72. The maximum absolute atomic E-state index is 14.1. The monoisotopic (exact) mass is 584 g/mol. The van der Waals surface area contributed by atoms with E-state index in [1.807, 2.05) is 54.6 Å². The van der Waals surface area contributed by atoms with E-state index in [0.29, 0.717) is 22.6 Å². The second-order valence-electron chi connectivity index (χ2n) is 10.2. The molecule has 5 rings (SSSR count). The van der Waals surface area contributed by atoms with Crippen LogP contribution >= 0.6 is 0 Å². The Balaban J connectivity index is 1.26. The van der Waals surface area contributed by atoms with E-state index in [-0.39, 0.29) is 43.2 Å². The van der Waals surface area contributed by atoms with Gasteiger partial charge in [0, 0.05) is 25.3 Å². The molecular weight excluding hydrogens is 554 g/mol. The Kier molecular flexibility index (Phi) is 9.00. The highest BCUT2D eigenvalue weighted by Crippen LogP contribution is 2.33. The number of carbonyl (C=O) groups is 2. The summed E-state index contributed by atoms with van der Waals surface area (Å²) in [6.07, 6.45) is 1.33. The molecule has 43 heavy (non-hydrogen) atoms. The van der Waals surface area contributed by atoms with Gasteiger partial charge in [-0.1, -0.05) is 54.6 Å². The van der Waals surface area contributed by atoms with Gasteiger partial charge in [-0.3, -0.25) is 9.59 Å². The first-order chi connectivity index (χ1) is 20.8. The molecule has 0 N–H and O–H groups in total. The van der Waals surface area contributed by atoms with Crippen LogP contribution in [0.2, 0.25) is 0 Å². The molecule has 0 aliphatic rings. The highest BCUT2D eigenvalue weighted by Gasteiger charge is 2.19. The molecule has 0 aliphatic carbocycles. The molecule has 4 aromatic carbocycles. The van der Waals surface area contributed by atoms with E-state index in [1.165, 1.54) is 17.2 Å². The number of amides is 1. The molecule has 1 heterocycles. The topological polar surface area (TPSA) is 72.2 Å². The second kappa shape index (κ2) is 13.2. The third kappa shape index (κ3) is 7.19. The van der Waals surface area contributed by atoms with E-state index in [2.05, 4.69) is 0 Å². The van der Waals surface area contributed by atoms with E-state index < -0.39 is 17.6 Å². The molecule has 9 heteroatoms. The van der Waals surface area contributed by atoms with Crippen molar-refractivity contribution in [3.63, 3.8) is 0 Å². The zero-order valence-electron chi connectivity index (χ0n) is 23.8. The minimum absolute atomic E-state index is 0.00781. The number of fused-ring (bicyclic) bond motifs is 1. The van der Waals surface area contributed by atoms with Crippen molar-refractivity contribution in [3.8, 4) is 16.9 Å². The van der Waals surface area contributed by atoms with Crippen LogP contribution < -0.4 is 9.64 Å². The van der Waals surface area contributed by atoms with Gasteiger partial charge in [0.1, 0.15) is 31.1 Å². The van der Waals surface area contributed by atoms with Crippen molar-refractivity contribution in [1.82, 2.24) is 4.90 Å². The van der Waals surface area contributed by atoms with Crippen LogP contribution in [0.1, 0.15) is 11.1 Å². The molecule has 0 saturated heterocycles. The lowest BCUT2D eigenvalue weighted by atomic mass is 10.0. The molecule has 0 spiro atoms. The Morgan fingerprint density at radius 1 is 0.814 bits per heavy atom. The number of halogens is 2.